The minimum atomic E-state index is 0.256. The van der Waals surface area contributed by atoms with Gasteiger partial charge in [0.1, 0.15) is 12.1 Å². The maximum atomic E-state index is 5.23. The quantitative estimate of drug-likeness (QED) is 0.755. The molecule has 0 radical (unpaired) electrons. The minimum Gasteiger partial charge on any atom is -0.378 e. The van der Waals surface area contributed by atoms with Crippen LogP contribution in [-0.4, -0.2) is 26.7 Å². The Balaban J connectivity index is 1.71. The lowest BCUT2D eigenvalue weighted by Crippen LogP contribution is -2.17. The Morgan fingerprint density at radius 2 is 2.12 bits per heavy atom. The number of rotatable bonds is 6. The highest BCUT2D eigenvalue weighted by molar-refractivity contribution is 5.47. The number of aromatic nitrogens is 4. The van der Waals surface area contributed by atoms with Gasteiger partial charge in [0, 0.05) is 13.2 Å². The van der Waals surface area contributed by atoms with E-state index in [0.717, 1.165) is 17.4 Å². The molecule has 2 heterocycles. The molecule has 1 aliphatic rings. The monoisotopic (exact) mass is 323 g/mol. The fraction of sp³-hybridized carbons (Fsp3) is 0.389. The normalized spacial score (nSPS) is 20.9. The lowest BCUT2D eigenvalue weighted by Gasteiger charge is -2.21. The van der Waals surface area contributed by atoms with Crippen molar-refractivity contribution in [1.29, 1.82) is 0 Å². The van der Waals surface area contributed by atoms with Gasteiger partial charge in [-0.05, 0) is 23.8 Å². The molecular formula is C18H21N5O. The molecule has 0 spiro atoms. The van der Waals surface area contributed by atoms with Gasteiger partial charge in [-0.25, -0.2) is 4.98 Å². The van der Waals surface area contributed by atoms with E-state index in [-0.39, 0.29) is 6.04 Å². The van der Waals surface area contributed by atoms with Crippen molar-refractivity contribution in [3.63, 3.8) is 0 Å². The Hall–Kier alpha value is -2.47. The number of ether oxygens (including phenoxy) is 1. The number of hydrogen-bond donors (Lipinski definition) is 1. The van der Waals surface area contributed by atoms with Gasteiger partial charge >= 0.3 is 0 Å². The van der Waals surface area contributed by atoms with Gasteiger partial charge in [-0.2, -0.15) is 14.6 Å². The number of nitrogens with one attached hydrogen (secondary N) is 1. The van der Waals surface area contributed by atoms with Crippen molar-refractivity contribution in [3.05, 3.63) is 54.0 Å². The van der Waals surface area contributed by atoms with E-state index >= 15 is 0 Å². The van der Waals surface area contributed by atoms with Crippen LogP contribution in [0.5, 0.6) is 0 Å². The molecule has 0 bridgehead atoms. The first-order valence-corrected chi connectivity index (χ1v) is 8.26. The summed E-state index contributed by atoms with van der Waals surface area (Å²) in [5.74, 6) is 2.85. The summed E-state index contributed by atoms with van der Waals surface area (Å²) in [6, 6.07) is 12.8. The van der Waals surface area contributed by atoms with Crippen molar-refractivity contribution in [2.45, 2.75) is 26.0 Å². The second-order valence-corrected chi connectivity index (χ2v) is 6.45. The molecule has 1 aromatic carbocycles. The highest BCUT2D eigenvalue weighted by atomic mass is 16.5. The van der Waals surface area contributed by atoms with E-state index in [9.17, 15) is 0 Å². The fourth-order valence-corrected chi connectivity index (χ4v) is 3.26. The van der Waals surface area contributed by atoms with Gasteiger partial charge in [0.15, 0.2) is 0 Å². The number of methoxy groups -OCH3 is 1. The van der Waals surface area contributed by atoms with Crippen LogP contribution in [0, 0.1) is 11.8 Å². The highest BCUT2D eigenvalue weighted by Crippen LogP contribution is 2.48. The van der Waals surface area contributed by atoms with E-state index < -0.39 is 0 Å². The summed E-state index contributed by atoms with van der Waals surface area (Å²) in [5.41, 5.74) is 2.14. The SMILES string of the molecule is COCc1cc(NC(c2ccccc2)C2CC2C)n2ncnc2n1. The molecule has 3 aromatic rings. The van der Waals surface area contributed by atoms with Crippen LogP contribution in [0.25, 0.3) is 5.78 Å². The summed E-state index contributed by atoms with van der Waals surface area (Å²) in [6.07, 6.45) is 2.77. The topological polar surface area (TPSA) is 64.3 Å². The van der Waals surface area contributed by atoms with Crippen LogP contribution < -0.4 is 5.32 Å². The summed E-state index contributed by atoms with van der Waals surface area (Å²) in [5, 5.41) is 7.99. The minimum absolute atomic E-state index is 0.256. The molecule has 2 aromatic heterocycles. The van der Waals surface area contributed by atoms with Gasteiger partial charge in [-0.1, -0.05) is 37.3 Å². The number of benzene rings is 1. The first kappa shape index (κ1) is 15.1. The lowest BCUT2D eigenvalue weighted by molar-refractivity contribution is 0.181. The molecule has 4 rings (SSSR count). The van der Waals surface area contributed by atoms with E-state index in [1.807, 2.05) is 6.07 Å². The second kappa shape index (κ2) is 6.20. The third-order valence-electron chi connectivity index (χ3n) is 4.66. The Morgan fingerprint density at radius 3 is 2.83 bits per heavy atom. The molecule has 6 nitrogen and oxygen atoms in total. The van der Waals surface area contributed by atoms with Crippen molar-refractivity contribution in [3.8, 4) is 0 Å². The van der Waals surface area contributed by atoms with Crippen molar-refractivity contribution >= 4 is 11.6 Å². The molecule has 6 heteroatoms. The van der Waals surface area contributed by atoms with Gasteiger partial charge < -0.3 is 10.1 Å². The van der Waals surface area contributed by atoms with E-state index in [1.165, 1.54) is 18.3 Å². The van der Waals surface area contributed by atoms with Crippen LogP contribution in [0.2, 0.25) is 0 Å². The van der Waals surface area contributed by atoms with E-state index in [1.54, 1.807) is 11.6 Å². The molecule has 1 N–H and O–H groups in total. The third kappa shape index (κ3) is 2.85. The van der Waals surface area contributed by atoms with E-state index in [4.69, 9.17) is 4.74 Å². The van der Waals surface area contributed by atoms with Crippen LogP contribution in [0.4, 0.5) is 5.82 Å². The summed E-state index contributed by atoms with van der Waals surface area (Å²) in [7, 11) is 1.67. The van der Waals surface area contributed by atoms with Crippen molar-refractivity contribution in [2.24, 2.45) is 11.8 Å². The molecule has 1 aliphatic carbocycles. The van der Waals surface area contributed by atoms with Crippen LogP contribution in [0.3, 0.4) is 0 Å². The van der Waals surface area contributed by atoms with E-state index in [2.05, 4.69) is 57.6 Å². The molecule has 0 amide bonds. The lowest BCUT2D eigenvalue weighted by atomic mass is 10.0. The van der Waals surface area contributed by atoms with Crippen molar-refractivity contribution in [2.75, 3.05) is 12.4 Å². The van der Waals surface area contributed by atoms with Gasteiger partial charge in [0.25, 0.3) is 5.78 Å². The second-order valence-electron chi connectivity index (χ2n) is 6.45. The third-order valence-corrected chi connectivity index (χ3v) is 4.66. The highest BCUT2D eigenvalue weighted by Gasteiger charge is 2.40. The van der Waals surface area contributed by atoms with Crippen molar-refractivity contribution in [1.82, 2.24) is 19.6 Å². The number of nitrogens with zero attached hydrogens (tertiary/aromatic N) is 4. The zero-order chi connectivity index (χ0) is 16.5. The van der Waals surface area contributed by atoms with E-state index in [0.29, 0.717) is 18.3 Å². The number of fused-ring (bicyclic) bond motifs is 1. The molecular weight excluding hydrogens is 302 g/mol. The predicted molar refractivity (Wildman–Crippen MR) is 91.6 cm³/mol. The maximum Gasteiger partial charge on any atom is 0.254 e. The molecule has 1 saturated carbocycles. The molecule has 124 valence electrons. The predicted octanol–water partition coefficient (Wildman–Crippen LogP) is 3.08. The van der Waals surface area contributed by atoms with Crippen LogP contribution in [0.15, 0.2) is 42.7 Å². The van der Waals surface area contributed by atoms with Gasteiger partial charge in [0.2, 0.25) is 0 Å². The molecule has 3 unspecified atom stereocenters. The summed E-state index contributed by atoms with van der Waals surface area (Å²) in [6.45, 7) is 2.75. The smallest absolute Gasteiger partial charge is 0.254 e. The zero-order valence-corrected chi connectivity index (χ0v) is 13.9. The average molecular weight is 323 g/mol. The Kier molecular flexibility index (Phi) is 3.90. The Bertz CT molecular complexity index is 832. The average Bonchev–Trinajstić information content (AvgIpc) is 3.12. The standard InChI is InChI=1S/C18H21N5O/c1-12-8-15(12)17(13-6-4-3-5-7-13)22-16-9-14(10-24-2)21-18-19-11-20-23(16)18/h3-7,9,11-12,15,17,22H,8,10H2,1-2H3. The van der Waals surface area contributed by atoms with Crippen LogP contribution >= 0.6 is 0 Å². The largest absolute Gasteiger partial charge is 0.378 e. The first-order chi connectivity index (χ1) is 11.8. The molecule has 3 atom stereocenters. The van der Waals surface area contributed by atoms with Gasteiger partial charge in [-0.3, -0.25) is 0 Å². The van der Waals surface area contributed by atoms with Crippen molar-refractivity contribution < 1.29 is 4.74 Å². The Morgan fingerprint density at radius 1 is 1.33 bits per heavy atom. The van der Waals surface area contributed by atoms with Gasteiger partial charge in [-0.15, -0.1) is 0 Å². The number of hydrogen-bond acceptors (Lipinski definition) is 5. The molecule has 1 fully saturated rings. The van der Waals surface area contributed by atoms with Crippen LogP contribution in [0.1, 0.15) is 30.6 Å². The maximum absolute atomic E-state index is 5.23. The molecule has 0 saturated heterocycles. The molecule has 24 heavy (non-hydrogen) atoms. The summed E-state index contributed by atoms with van der Waals surface area (Å²) < 4.78 is 6.98. The summed E-state index contributed by atoms with van der Waals surface area (Å²) >= 11 is 0. The van der Waals surface area contributed by atoms with Gasteiger partial charge in [0.05, 0.1) is 18.3 Å². The summed E-state index contributed by atoms with van der Waals surface area (Å²) in [4.78, 5) is 8.69. The number of anilines is 1. The Labute approximate surface area is 140 Å². The first-order valence-electron chi connectivity index (χ1n) is 8.26. The van der Waals surface area contributed by atoms with Crippen LogP contribution in [-0.2, 0) is 11.3 Å². The zero-order valence-electron chi connectivity index (χ0n) is 13.9. The fourth-order valence-electron chi connectivity index (χ4n) is 3.26. The molecule has 0 aliphatic heterocycles.